The van der Waals surface area contributed by atoms with E-state index in [4.69, 9.17) is 0 Å². The summed E-state index contributed by atoms with van der Waals surface area (Å²) in [5, 5.41) is 8.77. The molecule has 102 valence electrons. The number of alkyl halides is 7. The maximum absolute atomic E-state index is 12.4. The van der Waals surface area contributed by atoms with E-state index in [1.165, 1.54) is 0 Å². The zero-order valence-electron chi connectivity index (χ0n) is 8.23. The summed E-state index contributed by atoms with van der Waals surface area (Å²) in [5.41, 5.74) is -2.12. The molecule has 0 spiro atoms. The van der Waals surface area contributed by atoms with Crippen molar-refractivity contribution in [2.24, 2.45) is 0 Å². The highest BCUT2D eigenvalue weighted by atomic mass is 79.9. The van der Waals surface area contributed by atoms with E-state index < -0.39 is 40.6 Å². The van der Waals surface area contributed by atoms with Gasteiger partial charge in [0.05, 0.1) is 5.56 Å². The Bertz CT molecular complexity index is 444. The molecular weight excluding hydrogens is 336 g/mol. The molecule has 0 aliphatic rings. The molecule has 0 saturated heterocycles. The van der Waals surface area contributed by atoms with Gasteiger partial charge in [-0.25, -0.2) is 4.98 Å². The normalized spacial score (nSPS) is 12.6. The van der Waals surface area contributed by atoms with Crippen LogP contribution >= 0.6 is 15.9 Å². The van der Waals surface area contributed by atoms with Crippen LogP contribution in [0, 0.1) is 0 Å². The summed E-state index contributed by atoms with van der Waals surface area (Å²) in [7, 11) is 0. The van der Waals surface area contributed by atoms with Crippen LogP contribution in [0.15, 0.2) is 6.20 Å². The minimum atomic E-state index is -5.16. The summed E-state index contributed by atoms with van der Waals surface area (Å²) < 4.78 is 76.3. The Hall–Kier alpha value is -1.19. The van der Waals surface area contributed by atoms with Gasteiger partial charge in [0.1, 0.15) is 0 Å². The van der Waals surface area contributed by atoms with Crippen LogP contribution in [0.25, 0.3) is 0 Å². The zero-order valence-corrected chi connectivity index (χ0v) is 9.82. The number of rotatable bonds is 2. The largest absolute Gasteiger partial charge is 0.574 e. The first-order valence-electron chi connectivity index (χ1n) is 4.16. The Kier molecular flexibility index (Phi) is 3.99. The van der Waals surface area contributed by atoms with Gasteiger partial charge >= 0.3 is 12.5 Å². The lowest BCUT2D eigenvalue weighted by Crippen LogP contribution is -2.19. The third-order valence-electron chi connectivity index (χ3n) is 1.78. The van der Waals surface area contributed by atoms with Crippen molar-refractivity contribution in [1.82, 2.24) is 4.98 Å². The summed E-state index contributed by atoms with van der Waals surface area (Å²) >= 11 is 2.64. The Morgan fingerprint density at radius 1 is 1.22 bits per heavy atom. The third kappa shape index (κ3) is 3.40. The first-order chi connectivity index (χ1) is 8.06. The van der Waals surface area contributed by atoms with Crippen LogP contribution in [0.5, 0.6) is 11.6 Å². The van der Waals surface area contributed by atoms with E-state index >= 15 is 0 Å². The fraction of sp³-hybridized carbons (Fsp3) is 0.375. The summed E-state index contributed by atoms with van der Waals surface area (Å²) in [5.74, 6) is -2.64. The molecule has 0 radical (unpaired) electrons. The first-order valence-corrected chi connectivity index (χ1v) is 5.28. The molecule has 0 amide bonds. The van der Waals surface area contributed by atoms with Gasteiger partial charge in [-0.1, -0.05) is 15.9 Å². The van der Waals surface area contributed by atoms with E-state index in [0.29, 0.717) is 0 Å². The average molecular weight is 340 g/mol. The van der Waals surface area contributed by atoms with E-state index in [9.17, 15) is 31.4 Å². The summed E-state index contributed by atoms with van der Waals surface area (Å²) in [6.07, 6.45) is -9.84. The van der Waals surface area contributed by atoms with Crippen molar-refractivity contribution in [1.29, 1.82) is 0 Å². The molecule has 1 heterocycles. The maximum Gasteiger partial charge on any atom is 0.574 e. The number of ether oxygens (including phenoxy) is 1. The molecule has 0 atom stereocenters. The Morgan fingerprint density at radius 2 is 1.78 bits per heavy atom. The molecule has 0 aliphatic carbocycles. The molecule has 0 bridgehead atoms. The second-order valence-corrected chi connectivity index (χ2v) is 3.54. The predicted molar refractivity (Wildman–Crippen MR) is 50.2 cm³/mol. The van der Waals surface area contributed by atoms with E-state index in [1.807, 2.05) is 0 Å². The van der Waals surface area contributed by atoms with E-state index in [1.54, 1.807) is 0 Å². The van der Waals surface area contributed by atoms with Crippen LogP contribution < -0.4 is 4.74 Å². The highest BCUT2D eigenvalue weighted by Gasteiger charge is 2.38. The summed E-state index contributed by atoms with van der Waals surface area (Å²) in [4.78, 5) is 2.81. The van der Waals surface area contributed by atoms with Gasteiger partial charge in [0.15, 0.2) is 5.75 Å². The molecule has 0 fully saturated rings. The van der Waals surface area contributed by atoms with Gasteiger partial charge in [0, 0.05) is 17.1 Å². The lowest BCUT2D eigenvalue weighted by Gasteiger charge is -2.15. The monoisotopic (exact) mass is 339 g/mol. The molecule has 0 saturated carbocycles. The lowest BCUT2D eigenvalue weighted by molar-refractivity contribution is -0.276. The van der Waals surface area contributed by atoms with Crippen molar-refractivity contribution < 1.29 is 36.2 Å². The molecule has 18 heavy (non-hydrogen) atoms. The van der Waals surface area contributed by atoms with Crippen molar-refractivity contribution in [2.45, 2.75) is 17.9 Å². The highest BCUT2D eigenvalue weighted by Crippen LogP contribution is 2.41. The molecule has 1 aromatic rings. The molecule has 1 N–H and O–H groups in total. The van der Waals surface area contributed by atoms with Gasteiger partial charge < -0.3 is 9.84 Å². The Labute approximate surface area is 105 Å². The predicted octanol–water partition coefficient (Wildman–Crippen LogP) is 3.60. The number of aromatic hydroxyl groups is 1. The van der Waals surface area contributed by atoms with Crippen molar-refractivity contribution in [2.75, 3.05) is 0 Å². The van der Waals surface area contributed by atoms with Crippen molar-refractivity contribution in [3.05, 3.63) is 17.3 Å². The van der Waals surface area contributed by atoms with Gasteiger partial charge in [-0.2, -0.15) is 13.2 Å². The van der Waals surface area contributed by atoms with E-state index in [0.717, 1.165) is 0 Å². The molecular formula is C8H4BrF6NO2. The van der Waals surface area contributed by atoms with Gasteiger partial charge in [-0.3, -0.25) is 0 Å². The summed E-state index contributed by atoms with van der Waals surface area (Å²) in [6, 6.07) is 0. The second-order valence-electron chi connectivity index (χ2n) is 2.98. The molecule has 1 aromatic heterocycles. The fourth-order valence-corrected chi connectivity index (χ4v) is 1.65. The second kappa shape index (κ2) is 4.82. The number of nitrogens with zero attached hydrogens (tertiary/aromatic N) is 1. The topological polar surface area (TPSA) is 42.4 Å². The molecule has 1 rings (SSSR count). The maximum atomic E-state index is 12.4. The minimum Gasteiger partial charge on any atom is -0.503 e. The highest BCUT2D eigenvalue weighted by molar-refractivity contribution is 9.08. The standard InChI is InChI=1S/C8H4BrF6NO2/c9-1-3-4(7(10,11)12)2-16-6(5(3)17)18-8(13,14)15/h2,17H,1H2. The van der Waals surface area contributed by atoms with E-state index in [-0.39, 0.29) is 6.20 Å². The SMILES string of the molecule is Oc1c(OC(F)(F)F)ncc(C(F)(F)F)c1CBr. The van der Waals surface area contributed by atoms with Crippen molar-refractivity contribution >= 4 is 15.9 Å². The first kappa shape index (κ1) is 14.9. The minimum absolute atomic E-state index is 0.164. The van der Waals surface area contributed by atoms with Crippen LogP contribution in [-0.2, 0) is 11.5 Å². The summed E-state index contributed by atoms with van der Waals surface area (Å²) in [6.45, 7) is 0. The average Bonchev–Trinajstić information content (AvgIpc) is 2.17. The van der Waals surface area contributed by atoms with Crippen LogP contribution in [0.1, 0.15) is 11.1 Å². The molecule has 0 unspecified atom stereocenters. The number of hydrogen-bond donors (Lipinski definition) is 1. The Balaban J connectivity index is 3.29. The van der Waals surface area contributed by atoms with Crippen LogP contribution in [0.4, 0.5) is 26.3 Å². The third-order valence-corrected chi connectivity index (χ3v) is 2.34. The van der Waals surface area contributed by atoms with E-state index in [2.05, 4.69) is 25.7 Å². The van der Waals surface area contributed by atoms with Crippen LogP contribution in [0.2, 0.25) is 0 Å². The molecule has 3 nitrogen and oxygen atoms in total. The number of halogens is 7. The smallest absolute Gasteiger partial charge is 0.503 e. The van der Waals surface area contributed by atoms with Gasteiger partial charge in [-0.05, 0) is 0 Å². The van der Waals surface area contributed by atoms with Crippen molar-refractivity contribution in [3.8, 4) is 11.6 Å². The molecule has 0 aromatic carbocycles. The zero-order chi connectivity index (χ0) is 14.1. The lowest BCUT2D eigenvalue weighted by atomic mass is 10.1. The fourth-order valence-electron chi connectivity index (χ4n) is 1.08. The molecule has 0 aliphatic heterocycles. The van der Waals surface area contributed by atoms with Gasteiger partial charge in [0.2, 0.25) is 0 Å². The molecule has 10 heteroatoms. The van der Waals surface area contributed by atoms with Gasteiger partial charge in [-0.15, -0.1) is 13.2 Å². The number of pyridine rings is 1. The number of hydrogen-bond acceptors (Lipinski definition) is 3. The van der Waals surface area contributed by atoms with Crippen molar-refractivity contribution in [3.63, 3.8) is 0 Å². The van der Waals surface area contributed by atoms with Crippen LogP contribution in [-0.4, -0.2) is 16.5 Å². The Morgan fingerprint density at radius 3 is 2.17 bits per heavy atom. The quantitative estimate of drug-likeness (QED) is 0.661. The van der Waals surface area contributed by atoms with Gasteiger partial charge in [0.25, 0.3) is 5.88 Å². The number of aromatic nitrogens is 1. The van der Waals surface area contributed by atoms with Crippen LogP contribution in [0.3, 0.4) is 0 Å².